The molecule has 0 saturated heterocycles. The second-order valence-corrected chi connectivity index (χ2v) is 4.89. The number of carbonyl (C=O) groups excluding carboxylic acids is 1. The third-order valence-electron chi connectivity index (χ3n) is 3.45. The summed E-state index contributed by atoms with van der Waals surface area (Å²) in [7, 11) is 0. The van der Waals surface area contributed by atoms with Crippen molar-refractivity contribution in [3.05, 3.63) is 42.0 Å². The van der Waals surface area contributed by atoms with Crippen molar-refractivity contribution in [2.75, 3.05) is 6.54 Å². The number of hydrogen-bond donors (Lipinski definition) is 1. The topological polar surface area (TPSA) is 38.3 Å². The first-order valence-electron chi connectivity index (χ1n) is 6.88. The number of carbonyl (C=O) groups is 1. The van der Waals surface area contributed by atoms with Crippen molar-refractivity contribution in [2.24, 2.45) is 0 Å². The van der Waals surface area contributed by atoms with Crippen molar-refractivity contribution in [1.29, 1.82) is 0 Å². The zero-order chi connectivity index (χ0) is 13.7. The van der Waals surface area contributed by atoms with E-state index in [0.717, 1.165) is 18.6 Å². The molecule has 0 bridgehead atoms. The Balaban J connectivity index is 2.06. The molecule has 0 heterocycles. The maximum atomic E-state index is 11.8. The van der Waals surface area contributed by atoms with Gasteiger partial charge >= 0.3 is 0 Å². The van der Waals surface area contributed by atoms with Crippen LogP contribution in [0.3, 0.4) is 0 Å². The number of benzene rings is 1. The zero-order valence-corrected chi connectivity index (χ0v) is 11.4. The molecule has 1 aromatic carbocycles. The molecule has 102 valence electrons. The van der Waals surface area contributed by atoms with Crippen LogP contribution in [0.4, 0.5) is 0 Å². The fraction of sp³-hybridized carbons (Fsp3) is 0.438. The summed E-state index contributed by atoms with van der Waals surface area (Å²) in [4.78, 5) is 11.8. The molecule has 0 aliphatic heterocycles. The summed E-state index contributed by atoms with van der Waals surface area (Å²) < 4.78 is 5.83. The van der Waals surface area contributed by atoms with Crippen LogP contribution < -0.4 is 10.1 Å². The van der Waals surface area contributed by atoms with Gasteiger partial charge in [0.1, 0.15) is 5.75 Å². The van der Waals surface area contributed by atoms with Crippen molar-refractivity contribution in [3.8, 4) is 5.75 Å². The SMILES string of the molecule is C=CCNC(=O)[C@H](C)Oc1cccc2c1CCCC2. The highest BCUT2D eigenvalue weighted by molar-refractivity contribution is 5.80. The first-order chi connectivity index (χ1) is 9.22. The van der Waals surface area contributed by atoms with Crippen LogP contribution in [0.2, 0.25) is 0 Å². The monoisotopic (exact) mass is 259 g/mol. The van der Waals surface area contributed by atoms with Crippen LogP contribution in [0, 0.1) is 0 Å². The van der Waals surface area contributed by atoms with E-state index >= 15 is 0 Å². The standard InChI is InChI=1S/C16H21NO2/c1-3-11-17-16(18)12(2)19-15-10-6-8-13-7-4-5-9-14(13)15/h3,6,8,10,12H,1,4-5,7,9,11H2,2H3,(H,17,18)/t12-/m0/s1. The third kappa shape index (κ3) is 3.37. The summed E-state index contributed by atoms with van der Waals surface area (Å²) in [5.41, 5.74) is 2.64. The van der Waals surface area contributed by atoms with Gasteiger partial charge < -0.3 is 10.1 Å². The molecule has 0 fully saturated rings. The molecule has 0 saturated carbocycles. The Morgan fingerprint density at radius 2 is 2.26 bits per heavy atom. The fourth-order valence-corrected chi connectivity index (χ4v) is 2.42. The van der Waals surface area contributed by atoms with Crippen LogP contribution in [0.15, 0.2) is 30.9 Å². The Morgan fingerprint density at radius 3 is 3.05 bits per heavy atom. The van der Waals surface area contributed by atoms with Gasteiger partial charge in [-0.3, -0.25) is 4.79 Å². The van der Waals surface area contributed by atoms with Gasteiger partial charge in [0.2, 0.25) is 0 Å². The van der Waals surface area contributed by atoms with Crippen LogP contribution in [0.5, 0.6) is 5.75 Å². The molecule has 2 rings (SSSR count). The average Bonchev–Trinajstić information content (AvgIpc) is 2.45. The van der Waals surface area contributed by atoms with Gasteiger partial charge in [0.25, 0.3) is 5.91 Å². The minimum atomic E-state index is -0.478. The van der Waals surface area contributed by atoms with Gasteiger partial charge in [-0.25, -0.2) is 0 Å². The van der Waals surface area contributed by atoms with Crippen LogP contribution in [-0.2, 0) is 17.6 Å². The van der Waals surface area contributed by atoms with Gasteiger partial charge in [-0.15, -0.1) is 6.58 Å². The lowest BCUT2D eigenvalue weighted by Gasteiger charge is -2.21. The van der Waals surface area contributed by atoms with Crippen LogP contribution in [-0.4, -0.2) is 18.6 Å². The largest absolute Gasteiger partial charge is 0.481 e. The molecule has 3 nitrogen and oxygen atoms in total. The van der Waals surface area contributed by atoms with E-state index in [0.29, 0.717) is 6.54 Å². The highest BCUT2D eigenvalue weighted by Gasteiger charge is 2.18. The number of ether oxygens (including phenoxy) is 1. The molecule has 0 radical (unpaired) electrons. The van der Waals surface area contributed by atoms with E-state index in [1.54, 1.807) is 13.0 Å². The number of hydrogen-bond acceptors (Lipinski definition) is 2. The van der Waals surface area contributed by atoms with Crippen LogP contribution in [0.1, 0.15) is 30.9 Å². The molecule has 1 aromatic rings. The molecule has 1 amide bonds. The average molecular weight is 259 g/mol. The Labute approximate surface area is 114 Å². The highest BCUT2D eigenvalue weighted by Crippen LogP contribution is 2.30. The molecular formula is C16H21NO2. The summed E-state index contributed by atoms with van der Waals surface area (Å²) in [5.74, 6) is 0.756. The lowest BCUT2D eigenvalue weighted by molar-refractivity contribution is -0.127. The molecular weight excluding hydrogens is 238 g/mol. The molecule has 0 unspecified atom stereocenters. The fourth-order valence-electron chi connectivity index (χ4n) is 2.42. The number of fused-ring (bicyclic) bond motifs is 1. The smallest absolute Gasteiger partial charge is 0.261 e. The normalized spacial score (nSPS) is 15.2. The van der Waals surface area contributed by atoms with Crippen molar-refractivity contribution in [3.63, 3.8) is 0 Å². The van der Waals surface area contributed by atoms with Gasteiger partial charge in [0, 0.05) is 6.54 Å². The zero-order valence-electron chi connectivity index (χ0n) is 11.4. The van der Waals surface area contributed by atoms with E-state index in [4.69, 9.17) is 4.74 Å². The summed E-state index contributed by atoms with van der Waals surface area (Å²) in [6.07, 6.45) is 5.79. The Bertz CT molecular complexity index is 468. The molecule has 0 aromatic heterocycles. The van der Waals surface area contributed by atoms with Crippen LogP contribution >= 0.6 is 0 Å². The Kier molecular flexibility index (Phi) is 4.61. The molecule has 0 spiro atoms. The Hall–Kier alpha value is -1.77. The third-order valence-corrected chi connectivity index (χ3v) is 3.45. The van der Waals surface area contributed by atoms with Gasteiger partial charge in [0.05, 0.1) is 0 Å². The van der Waals surface area contributed by atoms with Crippen molar-refractivity contribution >= 4 is 5.91 Å². The summed E-state index contributed by atoms with van der Waals surface area (Å²) in [6, 6.07) is 6.12. The number of nitrogens with one attached hydrogen (secondary N) is 1. The first kappa shape index (κ1) is 13.7. The number of amides is 1. The molecule has 19 heavy (non-hydrogen) atoms. The maximum Gasteiger partial charge on any atom is 0.261 e. The van der Waals surface area contributed by atoms with Crippen LogP contribution in [0.25, 0.3) is 0 Å². The van der Waals surface area contributed by atoms with E-state index in [2.05, 4.69) is 18.0 Å². The lowest BCUT2D eigenvalue weighted by atomic mass is 9.91. The summed E-state index contributed by atoms with van der Waals surface area (Å²) in [5, 5.41) is 2.75. The van der Waals surface area contributed by atoms with E-state index in [1.165, 1.54) is 24.0 Å². The maximum absolute atomic E-state index is 11.8. The molecule has 3 heteroatoms. The molecule has 1 aliphatic rings. The van der Waals surface area contributed by atoms with Gasteiger partial charge in [0.15, 0.2) is 6.10 Å². The van der Waals surface area contributed by atoms with Crippen molar-refractivity contribution in [2.45, 2.75) is 38.7 Å². The van der Waals surface area contributed by atoms with Crippen molar-refractivity contribution < 1.29 is 9.53 Å². The second kappa shape index (κ2) is 6.41. The van der Waals surface area contributed by atoms with E-state index in [-0.39, 0.29) is 5.91 Å². The number of rotatable bonds is 5. The molecule has 1 N–H and O–H groups in total. The Morgan fingerprint density at radius 1 is 1.47 bits per heavy atom. The molecule has 1 atom stereocenters. The second-order valence-electron chi connectivity index (χ2n) is 4.89. The predicted molar refractivity (Wildman–Crippen MR) is 76.4 cm³/mol. The van der Waals surface area contributed by atoms with E-state index in [1.807, 2.05) is 12.1 Å². The van der Waals surface area contributed by atoms with E-state index < -0.39 is 6.10 Å². The predicted octanol–water partition coefficient (Wildman–Crippen LogP) is 2.63. The highest BCUT2D eigenvalue weighted by atomic mass is 16.5. The number of aryl methyl sites for hydroxylation is 1. The first-order valence-corrected chi connectivity index (χ1v) is 6.88. The quantitative estimate of drug-likeness (QED) is 0.826. The van der Waals surface area contributed by atoms with Gasteiger partial charge in [-0.1, -0.05) is 18.2 Å². The van der Waals surface area contributed by atoms with Gasteiger partial charge in [-0.05, 0) is 49.8 Å². The molecule has 1 aliphatic carbocycles. The lowest BCUT2D eigenvalue weighted by Crippen LogP contribution is -2.36. The van der Waals surface area contributed by atoms with Gasteiger partial charge in [-0.2, -0.15) is 0 Å². The van der Waals surface area contributed by atoms with Crippen molar-refractivity contribution in [1.82, 2.24) is 5.32 Å². The summed E-state index contributed by atoms with van der Waals surface area (Å²) in [6.45, 7) is 5.83. The summed E-state index contributed by atoms with van der Waals surface area (Å²) >= 11 is 0. The minimum absolute atomic E-state index is 0.103. The minimum Gasteiger partial charge on any atom is -0.481 e. The van der Waals surface area contributed by atoms with E-state index in [9.17, 15) is 4.79 Å².